The Kier molecular flexibility index (Phi) is 8.41. The zero-order valence-corrected chi connectivity index (χ0v) is 26.2. The standard InChI is InChI=1S/C34H33N9O2/c1-18-11-20(3)29(21(4)12-18)36-28-15-24(7)31(34(37-28)38-30-22(5)13-19(2)14-23(30)6)39-41-33-27(17-35)32(40-42-33)25-9-8-10-26(16-25)43(44)45/h8-16H,1-7H3,(H,40,42)(H2,36,37,38)/b41-39+. The molecule has 5 rings (SSSR count). The van der Waals surface area contributed by atoms with Crippen LogP contribution in [0.3, 0.4) is 0 Å². The lowest BCUT2D eigenvalue weighted by Crippen LogP contribution is -2.04. The van der Waals surface area contributed by atoms with Crippen LogP contribution in [0.25, 0.3) is 11.3 Å². The van der Waals surface area contributed by atoms with E-state index in [-0.39, 0.29) is 22.8 Å². The number of hydrogen-bond acceptors (Lipinski definition) is 9. The van der Waals surface area contributed by atoms with Gasteiger partial charge < -0.3 is 10.6 Å². The van der Waals surface area contributed by atoms with E-state index in [4.69, 9.17) is 4.98 Å². The molecule has 0 amide bonds. The number of nitriles is 1. The molecule has 3 N–H and O–H groups in total. The van der Waals surface area contributed by atoms with E-state index in [9.17, 15) is 15.4 Å². The monoisotopic (exact) mass is 599 g/mol. The van der Waals surface area contributed by atoms with Crippen LogP contribution in [-0.4, -0.2) is 20.1 Å². The summed E-state index contributed by atoms with van der Waals surface area (Å²) in [6.45, 7) is 14.3. The highest BCUT2D eigenvalue weighted by Crippen LogP contribution is 2.38. The molecule has 11 nitrogen and oxygen atoms in total. The molecule has 3 aromatic carbocycles. The van der Waals surface area contributed by atoms with Gasteiger partial charge >= 0.3 is 0 Å². The molecule has 0 saturated heterocycles. The van der Waals surface area contributed by atoms with Crippen molar-refractivity contribution in [2.75, 3.05) is 10.6 Å². The molecular weight excluding hydrogens is 566 g/mol. The van der Waals surface area contributed by atoms with E-state index >= 15 is 0 Å². The number of non-ortho nitro benzene ring substituents is 1. The number of nitrogens with one attached hydrogen (secondary N) is 3. The number of aryl methyl sites for hydroxylation is 7. The first-order chi connectivity index (χ1) is 21.4. The number of pyridine rings is 1. The molecule has 2 heterocycles. The largest absolute Gasteiger partial charge is 0.340 e. The Morgan fingerprint density at radius 1 is 0.822 bits per heavy atom. The lowest BCUT2D eigenvalue weighted by Gasteiger charge is -2.18. The van der Waals surface area contributed by atoms with E-state index in [1.54, 1.807) is 12.1 Å². The Bertz CT molecular complexity index is 1990. The van der Waals surface area contributed by atoms with Gasteiger partial charge in [0.05, 0.1) is 4.92 Å². The van der Waals surface area contributed by atoms with Crippen LogP contribution in [-0.2, 0) is 0 Å². The van der Waals surface area contributed by atoms with Gasteiger partial charge in [0.15, 0.2) is 11.6 Å². The van der Waals surface area contributed by atoms with Crippen LogP contribution >= 0.6 is 0 Å². The molecular formula is C34H33N9O2. The Morgan fingerprint density at radius 2 is 1.42 bits per heavy atom. The summed E-state index contributed by atoms with van der Waals surface area (Å²) in [5.74, 6) is 1.24. The predicted octanol–water partition coefficient (Wildman–Crippen LogP) is 9.31. The van der Waals surface area contributed by atoms with Gasteiger partial charge in [0, 0.05) is 29.1 Å². The summed E-state index contributed by atoms with van der Waals surface area (Å²) in [4.78, 5) is 15.7. The number of aromatic nitrogens is 3. The van der Waals surface area contributed by atoms with Crippen molar-refractivity contribution < 1.29 is 4.92 Å². The third kappa shape index (κ3) is 6.40. The normalized spacial score (nSPS) is 11.1. The van der Waals surface area contributed by atoms with Crippen LogP contribution in [0, 0.1) is 69.9 Å². The van der Waals surface area contributed by atoms with Gasteiger partial charge in [-0.25, -0.2) is 4.98 Å². The highest BCUT2D eigenvalue weighted by atomic mass is 16.6. The minimum atomic E-state index is -0.495. The molecule has 5 aromatic rings. The van der Waals surface area contributed by atoms with Crippen molar-refractivity contribution in [3.63, 3.8) is 0 Å². The van der Waals surface area contributed by atoms with Gasteiger partial charge in [0.2, 0.25) is 0 Å². The van der Waals surface area contributed by atoms with Crippen LogP contribution in [0.1, 0.15) is 44.5 Å². The third-order valence-electron chi connectivity index (χ3n) is 7.47. The van der Waals surface area contributed by atoms with Gasteiger partial charge in [0.25, 0.3) is 5.69 Å². The van der Waals surface area contributed by atoms with Crippen molar-refractivity contribution in [1.29, 1.82) is 5.26 Å². The number of nitrogens with zero attached hydrogens (tertiary/aromatic N) is 6. The fourth-order valence-electron chi connectivity index (χ4n) is 5.53. The molecule has 0 unspecified atom stereocenters. The summed E-state index contributed by atoms with van der Waals surface area (Å²) in [6.07, 6.45) is 0. The fourth-order valence-corrected chi connectivity index (χ4v) is 5.53. The van der Waals surface area contributed by atoms with Gasteiger partial charge in [0.1, 0.15) is 28.8 Å². The molecule has 0 aliphatic heterocycles. The predicted molar refractivity (Wildman–Crippen MR) is 176 cm³/mol. The van der Waals surface area contributed by atoms with E-state index in [2.05, 4.69) is 89.1 Å². The second-order valence-electron chi connectivity index (χ2n) is 11.2. The van der Waals surface area contributed by atoms with Gasteiger partial charge in [-0.1, -0.05) is 47.5 Å². The van der Waals surface area contributed by atoms with Crippen LogP contribution in [0.5, 0.6) is 0 Å². The number of benzene rings is 3. The van der Waals surface area contributed by atoms with Crippen LogP contribution in [0.2, 0.25) is 0 Å². The third-order valence-corrected chi connectivity index (χ3v) is 7.47. The number of nitro groups is 1. The van der Waals surface area contributed by atoms with Crippen molar-refractivity contribution in [2.45, 2.75) is 48.5 Å². The van der Waals surface area contributed by atoms with Gasteiger partial charge in [-0.2, -0.15) is 10.4 Å². The van der Waals surface area contributed by atoms with Gasteiger partial charge in [-0.3, -0.25) is 15.2 Å². The number of nitro benzene ring substituents is 1. The van der Waals surface area contributed by atoms with E-state index in [1.165, 1.54) is 17.7 Å². The van der Waals surface area contributed by atoms with Crippen molar-refractivity contribution >= 4 is 40.2 Å². The average Bonchev–Trinajstić information content (AvgIpc) is 3.39. The summed E-state index contributed by atoms with van der Waals surface area (Å²) in [5.41, 5.74) is 10.5. The van der Waals surface area contributed by atoms with E-state index in [0.717, 1.165) is 44.8 Å². The maximum Gasteiger partial charge on any atom is 0.270 e. The number of aromatic amines is 1. The summed E-state index contributed by atoms with van der Waals surface area (Å²) in [7, 11) is 0. The number of anilines is 4. The molecule has 0 bridgehead atoms. The van der Waals surface area contributed by atoms with Crippen molar-refractivity contribution in [3.8, 4) is 17.3 Å². The van der Waals surface area contributed by atoms with Crippen molar-refractivity contribution in [1.82, 2.24) is 15.2 Å². The molecule has 0 atom stereocenters. The topological polar surface area (TPSA) is 157 Å². The zero-order valence-electron chi connectivity index (χ0n) is 26.2. The summed E-state index contributed by atoms with van der Waals surface area (Å²) in [6, 6.07) is 18.4. The molecule has 2 aromatic heterocycles. The number of rotatable bonds is 8. The lowest BCUT2D eigenvalue weighted by atomic mass is 10.0. The molecule has 0 radical (unpaired) electrons. The first kappa shape index (κ1) is 30.6. The SMILES string of the molecule is Cc1cc(C)c(Nc2cc(C)c(/N=N/c3[nH]nc(-c4cccc([N+](=O)[O-])c4)c3C#N)c(Nc3c(C)cc(C)cc3C)n2)c(C)c1. The van der Waals surface area contributed by atoms with Crippen LogP contribution in [0.15, 0.2) is 64.8 Å². The van der Waals surface area contributed by atoms with E-state index < -0.39 is 4.92 Å². The van der Waals surface area contributed by atoms with E-state index in [1.807, 2.05) is 26.8 Å². The summed E-state index contributed by atoms with van der Waals surface area (Å²) >= 11 is 0. The molecule has 45 heavy (non-hydrogen) atoms. The first-order valence-corrected chi connectivity index (χ1v) is 14.3. The Balaban J connectivity index is 1.59. The highest BCUT2D eigenvalue weighted by molar-refractivity contribution is 5.78. The maximum atomic E-state index is 11.3. The zero-order chi connectivity index (χ0) is 32.4. The lowest BCUT2D eigenvalue weighted by molar-refractivity contribution is -0.384. The second-order valence-corrected chi connectivity index (χ2v) is 11.2. The van der Waals surface area contributed by atoms with E-state index in [0.29, 0.717) is 22.9 Å². The smallest absolute Gasteiger partial charge is 0.270 e. The summed E-state index contributed by atoms with van der Waals surface area (Å²) < 4.78 is 0. The van der Waals surface area contributed by atoms with Crippen LogP contribution < -0.4 is 10.6 Å². The molecule has 0 fully saturated rings. The van der Waals surface area contributed by atoms with Gasteiger partial charge in [-0.15, -0.1) is 10.2 Å². The molecule has 0 spiro atoms. The molecule has 0 saturated carbocycles. The highest BCUT2D eigenvalue weighted by Gasteiger charge is 2.19. The number of azo groups is 1. The minimum Gasteiger partial charge on any atom is -0.340 e. The fraction of sp³-hybridized carbons (Fsp3) is 0.206. The van der Waals surface area contributed by atoms with Gasteiger partial charge in [-0.05, 0) is 82.3 Å². The minimum absolute atomic E-state index is 0.105. The second kappa shape index (κ2) is 12.4. The number of hydrogen-bond donors (Lipinski definition) is 3. The molecule has 0 aliphatic carbocycles. The summed E-state index contributed by atoms with van der Waals surface area (Å²) in [5, 5.41) is 44.2. The quantitative estimate of drug-likeness (QED) is 0.0910. The first-order valence-electron chi connectivity index (χ1n) is 14.3. The number of H-pyrrole nitrogens is 1. The Morgan fingerprint density at radius 3 is 2.00 bits per heavy atom. The average molecular weight is 600 g/mol. The van der Waals surface area contributed by atoms with Crippen molar-refractivity contribution in [2.24, 2.45) is 10.2 Å². The van der Waals surface area contributed by atoms with Crippen molar-refractivity contribution in [3.05, 3.63) is 109 Å². The maximum absolute atomic E-state index is 11.3. The molecule has 226 valence electrons. The van der Waals surface area contributed by atoms with Crippen LogP contribution in [0.4, 0.5) is 40.2 Å². The Hall–Kier alpha value is -5.89. The Labute approximate surface area is 261 Å². The molecule has 0 aliphatic rings. The molecule has 11 heteroatoms.